The third-order valence-corrected chi connectivity index (χ3v) is 7.76. The molecule has 3 aromatic carbocycles. The fraction of sp³-hybridized carbons (Fsp3) is 0.324. The number of benzene rings is 3. The smallest absolute Gasteiger partial charge is 0.407 e. The molecule has 13 heteroatoms. The third-order valence-electron chi connectivity index (χ3n) is 7.76. The molecule has 0 bridgehead atoms. The number of aromatic amines is 1. The van der Waals surface area contributed by atoms with Gasteiger partial charge >= 0.3 is 6.09 Å². The maximum Gasteiger partial charge on any atom is 0.407 e. The topological polar surface area (TPSA) is 146 Å². The number of piperazine rings is 1. The van der Waals surface area contributed by atoms with Gasteiger partial charge < -0.3 is 29.9 Å². The van der Waals surface area contributed by atoms with Gasteiger partial charge in [0.2, 0.25) is 5.91 Å². The molecule has 0 atom stereocenters. The molecule has 0 saturated carbocycles. The molecular weight excluding hydrogens is 607 g/mol. The first-order chi connectivity index (χ1) is 22.9. The molecule has 3 N–H and O–H groups in total. The average Bonchev–Trinajstić information content (AvgIpc) is 3.10. The number of alkyl carbamates (subject to hydrolysis) is 1. The molecule has 4 aromatic rings. The van der Waals surface area contributed by atoms with Gasteiger partial charge in [-0.1, -0.05) is 54.6 Å². The minimum atomic E-state index is -0.623. The maximum atomic E-state index is 14.8. The summed E-state index contributed by atoms with van der Waals surface area (Å²) in [5.74, 6) is -1.17. The second-order valence-electron chi connectivity index (χ2n) is 11.0. The van der Waals surface area contributed by atoms with Crippen molar-refractivity contribution in [2.24, 2.45) is 0 Å². The quantitative estimate of drug-likeness (QED) is 0.188. The van der Waals surface area contributed by atoms with Crippen LogP contribution >= 0.6 is 0 Å². The summed E-state index contributed by atoms with van der Waals surface area (Å²) >= 11 is 0. The van der Waals surface area contributed by atoms with Crippen molar-refractivity contribution >= 4 is 28.7 Å². The third kappa shape index (κ3) is 9.21. The Morgan fingerprint density at radius 1 is 0.851 bits per heavy atom. The Balaban J connectivity index is 0.990. The predicted octanol–water partition coefficient (Wildman–Crippen LogP) is 2.47. The zero-order chi connectivity index (χ0) is 33.0. The first kappa shape index (κ1) is 33.2. The Labute approximate surface area is 270 Å². The van der Waals surface area contributed by atoms with E-state index < -0.39 is 17.8 Å². The van der Waals surface area contributed by atoms with Crippen molar-refractivity contribution in [2.45, 2.75) is 13.0 Å². The summed E-state index contributed by atoms with van der Waals surface area (Å²) < 4.78 is 25.4. The van der Waals surface area contributed by atoms with Crippen molar-refractivity contribution in [3.63, 3.8) is 0 Å². The number of ether oxygens (including phenoxy) is 2. The Bertz CT molecular complexity index is 1740. The number of aromatic nitrogens is 2. The molecule has 0 spiro atoms. The van der Waals surface area contributed by atoms with Crippen molar-refractivity contribution < 1.29 is 28.2 Å². The van der Waals surface area contributed by atoms with Gasteiger partial charge in [0.1, 0.15) is 12.4 Å². The standard InChI is InChI=1S/C34H37FN6O6/c35-29-11-10-25(21-30-26-8-4-5-9-27(26)32(43)39-38-30)20-28(29)33(44)41-16-14-40(15-17-41)31(42)22-36-12-18-46-19-13-37-34(45)47-23-24-6-2-1-3-7-24/h1-11,20,36H,12-19,21-23H2,(H,37,45)(H,39,43). The number of hydrogen-bond acceptors (Lipinski definition) is 8. The Morgan fingerprint density at radius 2 is 1.55 bits per heavy atom. The van der Waals surface area contributed by atoms with Gasteiger partial charge in [0.15, 0.2) is 0 Å². The lowest BCUT2D eigenvalue weighted by Crippen LogP contribution is -2.52. The van der Waals surface area contributed by atoms with E-state index in [9.17, 15) is 23.6 Å². The van der Waals surface area contributed by atoms with E-state index in [1.807, 2.05) is 42.5 Å². The van der Waals surface area contributed by atoms with Crippen molar-refractivity contribution in [1.29, 1.82) is 0 Å². The van der Waals surface area contributed by atoms with E-state index in [1.165, 1.54) is 12.1 Å². The van der Waals surface area contributed by atoms with E-state index in [2.05, 4.69) is 20.8 Å². The molecule has 3 amide bonds. The number of carbonyl (C=O) groups is 3. The van der Waals surface area contributed by atoms with Crippen LogP contribution in [0.2, 0.25) is 0 Å². The van der Waals surface area contributed by atoms with Crippen LogP contribution in [0, 0.1) is 5.82 Å². The largest absolute Gasteiger partial charge is 0.445 e. The number of nitrogens with zero attached hydrogens (tertiary/aromatic N) is 3. The molecule has 47 heavy (non-hydrogen) atoms. The number of H-pyrrole nitrogens is 1. The van der Waals surface area contributed by atoms with E-state index >= 15 is 0 Å². The van der Waals surface area contributed by atoms with Crippen LogP contribution in [0.4, 0.5) is 9.18 Å². The average molecular weight is 645 g/mol. The van der Waals surface area contributed by atoms with Gasteiger partial charge in [-0.3, -0.25) is 14.4 Å². The Hall–Kier alpha value is -5.14. The monoisotopic (exact) mass is 644 g/mol. The van der Waals surface area contributed by atoms with Crippen LogP contribution in [0.5, 0.6) is 0 Å². The summed E-state index contributed by atoms with van der Waals surface area (Å²) in [5, 5.41) is 13.6. The molecule has 1 aliphatic heterocycles. The number of amides is 3. The summed E-state index contributed by atoms with van der Waals surface area (Å²) in [7, 11) is 0. The van der Waals surface area contributed by atoms with Crippen LogP contribution in [0.3, 0.4) is 0 Å². The summed E-state index contributed by atoms with van der Waals surface area (Å²) in [4.78, 5) is 53.0. The highest BCUT2D eigenvalue weighted by atomic mass is 19.1. The lowest BCUT2D eigenvalue weighted by atomic mass is 10.0. The summed E-state index contributed by atoms with van der Waals surface area (Å²) in [6, 6.07) is 20.9. The number of nitrogens with one attached hydrogen (secondary N) is 3. The zero-order valence-corrected chi connectivity index (χ0v) is 25.9. The van der Waals surface area contributed by atoms with Crippen molar-refractivity contribution in [2.75, 3.05) is 59.0 Å². The van der Waals surface area contributed by atoms with Crippen LogP contribution in [-0.2, 0) is 27.3 Å². The molecule has 12 nitrogen and oxygen atoms in total. The van der Waals surface area contributed by atoms with Gasteiger partial charge in [0.05, 0.1) is 36.4 Å². The van der Waals surface area contributed by atoms with Crippen molar-refractivity contribution in [1.82, 2.24) is 30.6 Å². The number of hydrogen-bond donors (Lipinski definition) is 3. The van der Waals surface area contributed by atoms with E-state index in [0.717, 1.165) is 5.56 Å². The maximum absolute atomic E-state index is 14.8. The van der Waals surface area contributed by atoms with Gasteiger partial charge in [-0.2, -0.15) is 5.10 Å². The first-order valence-electron chi connectivity index (χ1n) is 15.4. The Morgan fingerprint density at radius 3 is 2.34 bits per heavy atom. The van der Waals surface area contributed by atoms with Crippen LogP contribution in [0.1, 0.15) is 27.2 Å². The number of halogens is 1. The summed E-state index contributed by atoms with van der Waals surface area (Å²) in [6.45, 7) is 2.95. The fourth-order valence-corrected chi connectivity index (χ4v) is 5.23. The molecular formula is C34H37FN6O6. The second kappa shape index (κ2) is 16.4. The highest BCUT2D eigenvalue weighted by Gasteiger charge is 2.26. The van der Waals surface area contributed by atoms with Crippen LogP contribution in [-0.4, -0.2) is 96.9 Å². The first-order valence-corrected chi connectivity index (χ1v) is 15.4. The molecule has 1 fully saturated rings. The molecule has 246 valence electrons. The molecule has 5 rings (SSSR count). The van der Waals surface area contributed by atoms with Gasteiger partial charge in [-0.25, -0.2) is 14.3 Å². The van der Waals surface area contributed by atoms with Gasteiger partial charge in [-0.05, 0) is 29.3 Å². The minimum Gasteiger partial charge on any atom is -0.445 e. The highest BCUT2D eigenvalue weighted by Crippen LogP contribution is 2.20. The minimum absolute atomic E-state index is 0.0445. The van der Waals surface area contributed by atoms with Gasteiger partial charge in [0.25, 0.3) is 11.5 Å². The fourth-order valence-electron chi connectivity index (χ4n) is 5.23. The number of rotatable bonds is 13. The predicted molar refractivity (Wildman–Crippen MR) is 172 cm³/mol. The van der Waals surface area contributed by atoms with Crippen LogP contribution in [0.15, 0.2) is 77.6 Å². The Kier molecular flexibility index (Phi) is 11.6. The van der Waals surface area contributed by atoms with Gasteiger partial charge in [-0.15, -0.1) is 0 Å². The van der Waals surface area contributed by atoms with E-state index in [1.54, 1.807) is 28.0 Å². The van der Waals surface area contributed by atoms with E-state index in [4.69, 9.17) is 9.47 Å². The van der Waals surface area contributed by atoms with Crippen LogP contribution in [0.25, 0.3) is 10.8 Å². The molecule has 0 aliphatic carbocycles. The van der Waals surface area contributed by atoms with Crippen molar-refractivity contribution in [3.8, 4) is 0 Å². The zero-order valence-electron chi connectivity index (χ0n) is 25.9. The molecule has 2 heterocycles. The van der Waals surface area contributed by atoms with Crippen LogP contribution < -0.4 is 16.2 Å². The lowest BCUT2D eigenvalue weighted by Gasteiger charge is -2.35. The molecule has 0 radical (unpaired) electrons. The van der Waals surface area contributed by atoms with E-state index in [0.29, 0.717) is 67.8 Å². The SMILES string of the molecule is O=C(NCCOCCNCC(=O)N1CCN(C(=O)c2cc(Cc3n[nH]c(=O)c4ccccc34)ccc2F)CC1)OCc1ccccc1. The molecule has 0 unspecified atom stereocenters. The molecule has 1 saturated heterocycles. The van der Waals surface area contributed by atoms with Gasteiger partial charge in [0, 0.05) is 51.1 Å². The number of fused-ring (bicyclic) bond motifs is 1. The second-order valence-corrected chi connectivity index (χ2v) is 11.0. The van der Waals surface area contributed by atoms with Crippen molar-refractivity contribution in [3.05, 3.63) is 111 Å². The normalized spacial score (nSPS) is 13.0. The van der Waals surface area contributed by atoms with E-state index in [-0.39, 0.29) is 43.3 Å². The highest BCUT2D eigenvalue weighted by molar-refractivity contribution is 5.95. The number of carbonyl (C=O) groups excluding carboxylic acids is 3. The molecule has 1 aromatic heterocycles. The molecule has 1 aliphatic rings. The summed E-state index contributed by atoms with van der Waals surface area (Å²) in [6.07, 6.45) is -0.213. The lowest BCUT2D eigenvalue weighted by molar-refractivity contribution is -0.131. The summed E-state index contributed by atoms with van der Waals surface area (Å²) in [5.41, 5.74) is 1.87.